The highest BCUT2D eigenvalue weighted by Crippen LogP contribution is 2.26. The van der Waals surface area contributed by atoms with Crippen molar-refractivity contribution in [1.29, 1.82) is 0 Å². The first-order valence-electron chi connectivity index (χ1n) is 7.03. The van der Waals surface area contributed by atoms with Gasteiger partial charge in [-0.1, -0.05) is 27.2 Å². The molecule has 1 amide bonds. The van der Waals surface area contributed by atoms with Crippen LogP contribution in [0.3, 0.4) is 0 Å². The van der Waals surface area contributed by atoms with Crippen molar-refractivity contribution in [2.45, 2.75) is 52.1 Å². The van der Waals surface area contributed by atoms with Crippen molar-refractivity contribution in [2.75, 3.05) is 18.1 Å². The topological polar surface area (TPSA) is 49.3 Å². The van der Waals surface area contributed by atoms with Gasteiger partial charge in [-0.05, 0) is 36.2 Å². The van der Waals surface area contributed by atoms with Gasteiger partial charge in [0.15, 0.2) is 0 Å². The summed E-state index contributed by atoms with van der Waals surface area (Å²) in [6.07, 6.45) is 3.20. The average molecular weight is 273 g/mol. The fourth-order valence-corrected chi connectivity index (χ4v) is 3.61. The van der Waals surface area contributed by atoms with Crippen LogP contribution in [0.1, 0.15) is 46.5 Å². The van der Waals surface area contributed by atoms with Crippen LogP contribution in [-0.4, -0.2) is 34.7 Å². The van der Waals surface area contributed by atoms with E-state index in [-0.39, 0.29) is 5.91 Å². The second-order valence-corrected chi connectivity index (χ2v) is 6.95. The molecule has 2 N–H and O–H groups in total. The van der Waals surface area contributed by atoms with E-state index >= 15 is 0 Å². The van der Waals surface area contributed by atoms with Gasteiger partial charge in [0.05, 0.1) is 5.60 Å². The number of hydrogen-bond acceptors (Lipinski definition) is 3. The predicted molar refractivity (Wildman–Crippen MR) is 77.8 cm³/mol. The summed E-state index contributed by atoms with van der Waals surface area (Å²) in [6, 6.07) is 0. The number of hydrogen-bond donors (Lipinski definition) is 2. The summed E-state index contributed by atoms with van der Waals surface area (Å²) in [5.41, 5.74) is -0.666. The van der Waals surface area contributed by atoms with Gasteiger partial charge in [-0.2, -0.15) is 11.8 Å². The van der Waals surface area contributed by atoms with E-state index in [1.165, 1.54) is 0 Å². The Hall–Kier alpha value is -0.220. The van der Waals surface area contributed by atoms with Gasteiger partial charge < -0.3 is 10.4 Å². The number of aliphatic hydroxyl groups is 1. The minimum absolute atomic E-state index is 0.0854. The van der Waals surface area contributed by atoms with E-state index in [9.17, 15) is 9.90 Å². The molecule has 1 unspecified atom stereocenters. The van der Waals surface area contributed by atoms with Crippen LogP contribution in [0.2, 0.25) is 0 Å². The molecule has 1 heterocycles. The third kappa shape index (κ3) is 5.19. The monoisotopic (exact) mass is 273 g/mol. The van der Waals surface area contributed by atoms with E-state index < -0.39 is 5.60 Å². The summed E-state index contributed by atoms with van der Waals surface area (Å²) in [5.74, 6) is 3.06. The lowest BCUT2D eigenvalue weighted by Crippen LogP contribution is -2.45. The Morgan fingerprint density at radius 3 is 2.50 bits per heavy atom. The largest absolute Gasteiger partial charge is 0.388 e. The van der Waals surface area contributed by atoms with E-state index in [2.05, 4.69) is 26.1 Å². The molecular weight excluding hydrogens is 246 g/mol. The van der Waals surface area contributed by atoms with Crippen LogP contribution >= 0.6 is 11.8 Å². The molecule has 0 aromatic rings. The molecule has 1 rings (SSSR count). The van der Waals surface area contributed by atoms with Gasteiger partial charge in [-0.25, -0.2) is 0 Å². The summed E-state index contributed by atoms with van der Waals surface area (Å²) < 4.78 is 0. The minimum atomic E-state index is -0.666. The third-order valence-electron chi connectivity index (χ3n) is 3.95. The quantitative estimate of drug-likeness (QED) is 0.781. The first kappa shape index (κ1) is 15.8. The molecule has 0 spiro atoms. The standard InChI is InChI=1S/C14H27NO2S/c1-4-12(11(2)3)9-13(16)15-10-14(17)5-7-18-8-6-14/h11-12,17H,4-10H2,1-3H3,(H,15,16). The molecule has 106 valence electrons. The molecular formula is C14H27NO2S. The van der Waals surface area contributed by atoms with E-state index in [0.717, 1.165) is 30.8 Å². The second kappa shape index (κ2) is 7.39. The lowest BCUT2D eigenvalue weighted by atomic mass is 9.89. The fourth-order valence-electron chi connectivity index (χ4n) is 2.35. The Morgan fingerprint density at radius 2 is 2.00 bits per heavy atom. The van der Waals surface area contributed by atoms with E-state index in [0.29, 0.717) is 24.8 Å². The average Bonchev–Trinajstić information content (AvgIpc) is 2.34. The lowest BCUT2D eigenvalue weighted by Gasteiger charge is -2.32. The molecule has 1 aliphatic rings. The third-order valence-corrected chi connectivity index (χ3v) is 4.94. The first-order chi connectivity index (χ1) is 8.47. The zero-order valence-corrected chi connectivity index (χ0v) is 12.7. The Labute approximate surface area is 115 Å². The molecule has 0 aliphatic carbocycles. The number of rotatable bonds is 6. The van der Waals surface area contributed by atoms with E-state index in [1.807, 2.05) is 11.8 Å². The van der Waals surface area contributed by atoms with Crippen LogP contribution in [0, 0.1) is 11.8 Å². The number of amides is 1. The van der Waals surface area contributed by atoms with Gasteiger partial charge in [0.2, 0.25) is 5.91 Å². The number of carbonyl (C=O) groups is 1. The van der Waals surface area contributed by atoms with Gasteiger partial charge in [-0.3, -0.25) is 4.79 Å². The van der Waals surface area contributed by atoms with E-state index in [4.69, 9.17) is 0 Å². The van der Waals surface area contributed by atoms with Crippen molar-refractivity contribution in [3.05, 3.63) is 0 Å². The van der Waals surface area contributed by atoms with Crippen molar-refractivity contribution in [1.82, 2.24) is 5.32 Å². The maximum absolute atomic E-state index is 11.9. The van der Waals surface area contributed by atoms with Crippen molar-refractivity contribution < 1.29 is 9.90 Å². The molecule has 0 aromatic carbocycles. The normalized spacial score (nSPS) is 20.7. The lowest BCUT2D eigenvalue weighted by molar-refractivity contribution is -0.123. The number of nitrogens with one attached hydrogen (secondary N) is 1. The summed E-state index contributed by atoms with van der Waals surface area (Å²) in [7, 11) is 0. The zero-order valence-electron chi connectivity index (χ0n) is 11.9. The minimum Gasteiger partial charge on any atom is -0.388 e. The van der Waals surface area contributed by atoms with Crippen LogP contribution in [0.4, 0.5) is 0 Å². The zero-order chi connectivity index (χ0) is 13.6. The smallest absolute Gasteiger partial charge is 0.220 e. The van der Waals surface area contributed by atoms with Crippen LogP contribution in [-0.2, 0) is 4.79 Å². The maximum Gasteiger partial charge on any atom is 0.220 e. The van der Waals surface area contributed by atoms with Crippen molar-refractivity contribution in [3.63, 3.8) is 0 Å². The van der Waals surface area contributed by atoms with Gasteiger partial charge in [-0.15, -0.1) is 0 Å². The molecule has 1 atom stereocenters. The second-order valence-electron chi connectivity index (χ2n) is 5.73. The highest BCUT2D eigenvalue weighted by Gasteiger charge is 2.30. The van der Waals surface area contributed by atoms with Crippen molar-refractivity contribution >= 4 is 17.7 Å². The van der Waals surface area contributed by atoms with Gasteiger partial charge in [0, 0.05) is 13.0 Å². The molecule has 1 fully saturated rings. The Bertz CT molecular complexity index is 263. The van der Waals surface area contributed by atoms with Crippen molar-refractivity contribution in [3.8, 4) is 0 Å². The van der Waals surface area contributed by atoms with Crippen LogP contribution in [0.15, 0.2) is 0 Å². The fraction of sp³-hybridized carbons (Fsp3) is 0.929. The Morgan fingerprint density at radius 1 is 1.39 bits per heavy atom. The SMILES string of the molecule is CCC(CC(=O)NCC1(O)CCSCC1)C(C)C. The molecule has 0 bridgehead atoms. The Balaban J connectivity index is 2.31. The number of thioether (sulfide) groups is 1. The summed E-state index contributed by atoms with van der Waals surface area (Å²) in [4.78, 5) is 11.9. The van der Waals surface area contributed by atoms with Gasteiger partial charge in [0.25, 0.3) is 0 Å². The van der Waals surface area contributed by atoms with E-state index in [1.54, 1.807) is 0 Å². The van der Waals surface area contributed by atoms with Gasteiger partial charge >= 0.3 is 0 Å². The predicted octanol–water partition coefficient (Wildman–Crippen LogP) is 2.43. The Kier molecular flexibility index (Phi) is 6.50. The van der Waals surface area contributed by atoms with Crippen molar-refractivity contribution in [2.24, 2.45) is 11.8 Å². The molecule has 0 saturated carbocycles. The molecule has 1 saturated heterocycles. The summed E-state index contributed by atoms with van der Waals surface area (Å²) >= 11 is 1.88. The molecule has 3 nitrogen and oxygen atoms in total. The molecule has 0 radical (unpaired) electrons. The van der Waals surface area contributed by atoms with Crippen LogP contribution in [0.5, 0.6) is 0 Å². The van der Waals surface area contributed by atoms with Crippen LogP contribution in [0.25, 0.3) is 0 Å². The van der Waals surface area contributed by atoms with Crippen LogP contribution < -0.4 is 5.32 Å². The molecule has 18 heavy (non-hydrogen) atoms. The number of carbonyl (C=O) groups excluding carboxylic acids is 1. The maximum atomic E-state index is 11.9. The summed E-state index contributed by atoms with van der Waals surface area (Å²) in [6.45, 7) is 6.87. The first-order valence-corrected chi connectivity index (χ1v) is 8.19. The molecule has 1 aliphatic heterocycles. The summed E-state index contributed by atoms with van der Waals surface area (Å²) in [5, 5.41) is 13.2. The molecule has 0 aromatic heterocycles. The molecule has 4 heteroatoms. The van der Waals surface area contributed by atoms with Gasteiger partial charge in [0.1, 0.15) is 0 Å². The highest BCUT2D eigenvalue weighted by molar-refractivity contribution is 7.99. The highest BCUT2D eigenvalue weighted by atomic mass is 32.2.